The molecule has 0 bridgehead atoms. The average Bonchev–Trinajstić information content (AvgIpc) is 2.71. The zero-order valence-electron chi connectivity index (χ0n) is 11.1. The molecule has 1 aliphatic heterocycles. The number of hydrogen-bond acceptors (Lipinski definition) is 3. The van der Waals surface area contributed by atoms with E-state index in [1.807, 2.05) is 24.3 Å². The lowest BCUT2D eigenvalue weighted by molar-refractivity contribution is 0.0934. The molecule has 1 amide bonds. The van der Waals surface area contributed by atoms with Crippen LogP contribution in [0, 0.1) is 0 Å². The number of fused-ring (bicyclic) bond motifs is 1. The fourth-order valence-electron chi connectivity index (χ4n) is 2.42. The van der Waals surface area contributed by atoms with E-state index in [1.165, 1.54) is 0 Å². The van der Waals surface area contributed by atoms with Crippen LogP contribution in [0.25, 0.3) is 0 Å². The second-order valence-corrected chi connectivity index (χ2v) is 4.79. The van der Waals surface area contributed by atoms with Crippen molar-refractivity contribution in [2.24, 2.45) is 0 Å². The van der Waals surface area contributed by atoms with Gasteiger partial charge >= 0.3 is 0 Å². The number of hydrogen-bond donors (Lipinski definition) is 1. The van der Waals surface area contributed by atoms with E-state index >= 15 is 0 Å². The number of pyridine rings is 1. The zero-order valence-corrected chi connectivity index (χ0v) is 11.1. The predicted molar refractivity (Wildman–Crippen MR) is 75.6 cm³/mol. The highest BCUT2D eigenvalue weighted by Gasteiger charge is 2.21. The summed E-state index contributed by atoms with van der Waals surface area (Å²) < 4.78 is 5.70. The van der Waals surface area contributed by atoms with E-state index < -0.39 is 0 Å². The highest BCUT2D eigenvalue weighted by Crippen LogP contribution is 2.31. The highest BCUT2D eigenvalue weighted by molar-refractivity contribution is 5.94. The predicted octanol–water partition coefficient (Wildman–Crippen LogP) is 2.73. The van der Waals surface area contributed by atoms with Gasteiger partial charge in [-0.2, -0.15) is 0 Å². The van der Waals surface area contributed by atoms with E-state index in [9.17, 15) is 4.79 Å². The molecule has 20 heavy (non-hydrogen) atoms. The van der Waals surface area contributed by atoms with Crippen LogP contribution in [-0.4, -0.2) is 17.5 Å². The molecule has 102 valence electrons. The van der Waals surface area contributed by atoms with Crippen LogP contribution in [0.1, 0.15) is 34.8 Å². The molecule has 4 heteroatoms. The van der Waals surface area contributed by atoms with Crippen LogP contribution in [-0.2, 0) is 0 Å². The SMILES string of the molecule is O=C(N[C@@H]1CCCOc2ccccc21)c1ccncc1. The lowest BCUT2D eigenvalue weighted by Crippen LogP contribution is -2.28. The first kappa shape index (κ1) is 12.7. The van der Waals surface area contributed by atoms with Crippen molar-refractivity contribution in [3.63, 3.8) is 0 Å². The Hall–Kier alpha value is -2.36. The van der Waals surface area contributed by atoms with Gasteiger partial charge in [-0.25, -0.2) is 0 Å². The third kappa shape index (κ3) is 2.64. The topological polar surface area (TPSA) is 51.2 Å². The van der Waals surface area contributed by atoms with E-state index in [2.05, 4.69) is 10.3 Å². The smallest absolute Gasteiger partial charge is 0.251 e. The molecule has 1 aromatic heterocycles. The molecule has 1 N–H and O–H groups in total. The van der Waals surface area contributed by atoms with Crippen molar-refractivity contribution in [1.82, 2.24) is 10.3 Å². The number of carbonyl (C=O) groups excluding carboxylic acids is 1. The van der Waals surface area contributed by atoms with Gasteiger partial charge < -0.3 is 10.1 Å². The van der Waals surface area contributed by atoms with Crippen molar-refractivity contribution in [1.29, 1.82) is 0 Å². The van der Waals surface area contributed by atoms with Crippen molar-refractivity contribution in [3.8, 4) is 5.75 Å². The number of para-hydroxylation sites is 1. The molecule has 3 rings (SSSR count). The lowest BCUT2D eigenvalue weighted by Gasteiger charge is -2.18. The zero-order chi connectivity index (χ0) is 13.8. The van der Waals surface area contributed by atoms with Gasteiger partial charge in [-0.05, 0) is 31.0 Å². The van der Waals surface area contributed by atoms with Crippen LogP contribution >= 0.6 is 0 Å². The van der Waals surface area contributed by atoms with E-state index in [4.69, 9.17) is 4.74 Å². The molecular formula is C16H16N2O2. The lowest BCUT2D eigenvalue weighted by atomic mass is 10.0. The van der Waals surface area contributed by atoms with Gasteiger partial charge in [-0.1, -0.05) is 18.2 Å². The molecule has 0 saturated carbocycles. The van der Waals surface area contributed by atoms with Gasteiger partial charge in [0, 0.05) is 23.5 Å². The molecule has 1 aliphatic rings. The minimum atomic E-state index is -0.0749. The maximum absolute atomic E-state index is 12.3. The Morgan fingerprint density at radius 1 is 1.20 bits per heavy atom. The Bertz CT molecular complexity index is 598. The Morgan fingerprint density at radius 2 is 2.00 bits per heavy atom. The molecular weight excluding hydrogens is 252 g/mol. The number of benzene rings is 1. The first-order valence-corrected chi connectivity index (χ1v) is 6.77. The molecule has 1 aromatic carbocycles. The number of aromatic nitrogens is 1. The second kappa shape index (κ2) is 5.74. The molecule has 1 atom stereocenters. The summed E-state index contributed by atoms with van der Waals surface area (Å²) in [5.41, 5.74) is 1.68. The highest BCUT2D eigenvalue weighted by atomic mass is 16.5. The van der Waals surface area contributed by atoms with Gasteiger partial charge in [0.2, 0.25) is 0 Å². The maximum atomic E-state index is 12.3. The molecule has 2 aromatic rings. The number of rotatable bonds is 2. The third-order valence-corrected chi connectivity index (χ3v) is 3.44. The average molecular weight is 268 g/mol. The van der Waals surface area contributed by atoms with Crippen LogP contribution in [0.2, 0.25) is 0 Å². The van der Waals surface area contributed by atoms with E-state index in [-0.39, 0.29) is 11.9 Å². The summed E-state index contributed by atoms with van der Waals surface area (Å²) in [6.45, 7) is 0.693. The second-order valence-electron chi connectivity index (χ2n) is 4.79. The number of ether oxygens (including phenoxy) is 1. The summed E-state index contributed by atoms with van der Waals surface area (Å²) in [6, 6.07) is 11.3. The van der Waals surface area contributed by atoms with Gasteiger partial charge in [-0.3, -0.25) is 9.78 Å². The molecule has 0 saturated heterocycles. The molecule has 0 radical (unpaired) electrons. The summed E-state index contributed by atoms with van der Waals surface area (Å²) in [5, 5.41) is 3.08. The van der Waals surface area contributed by atoms with E-state index in [0.717, 1.165) is 24.2 Å². The van der Waals surface area contributed by atoms with Gasteiger partial charge in [0.15, 0.2) is 0 Å². The van der Waals surface area contributed by atoms with Crippen LogP contribution < -0.4 is 10.1 Å². The Kier molecular flexibility index (Phi) is 3.63. The Morgan fingerprint density at radius 3 is 2.85 bits per heavy atom. The largest absolute Gasteiger partial charge is 0.493 e. The van der Waals surface area contributed by atoms with Crippen molar-refractivity contribution >= 4 is 5.91 Å². The monoisotopic (exact) mass is 268 g/mol. The van der Waals surface area contributed by atoms with Crippen molar-refractivity contribution in [3.05, 3.63) is 59.9 Å². The van der Waals surface area contributed by atoms with Crippen LogP contribution in [0.15, 0.2) is 48.8 Å². The van der Waals surface area contributed by atoms with Crippen molar-refractivity contribution in [2.45, 2.75) is 18.9 Å². The van der Waals surface area contributed by atoms with Crippen LogP contribution in [0.3, 0.4) is 0 Å². The maximum Gasteiger partial charge on any atom is 0.251 e. The van der Waals surface area contributed by atoms with Crippen molar-refractivity contribution < 1.29 is 9.53 Å². The minimum absolute atomic E-state index is 0.00522. The number of amides is 1. The first-order chi connectivity index (χ1) is 9.84. The normalized spacial score (nSPS) is 17.5. The minimum Gasteiger partial charge on any atom is -0.493 e. The molecule has 2 heterocycles. The Labute approximate surface area is 117 Å². The number of carbonyl (C=O) groups is 1. The standard InChI is InChI=1S/C16H16N2O2/c19-16(12-7-9-17-10-8-12)18-14-5-3-11-20-15-6-2-1-4-13(14)15/h1-2,4,6-10,14H,3,5,11H2,(H,18,19)/t14-/m1/s1. The molecule has 4 nitrogen and oxygen atoms in total. The summed E-state index contributed by atoms with van der Waals surface area (Å²) in [7, 11) is 0. The van der Waals surface area contributed by atoms with Gasteiger partial charge in [-0.15, -0.1) is 0 Å². The fraction of sp³-hybridized carbons (Fsp3) is 0.250. The van der Waals surface area contributed by atoms with Gasteiger partial charge in [0.05, 0.1) is 12.6 Å². The number of nitrogens with one attached hydrogen (secondary N) is 1. The molecule has 0 spiro atoms. The van der Waals surface area contributed by atoms with Gasteiger partial charge in [0.25, 0.3) is 5.91 Å². The van der Waals surface area contributed by atoms with E-state index in [0.29, 0.717) is 12.2 Å². The first-order valence-electron chi connectivity index (χ1n) is 6.77. The van der Waals surface area contributed by atoms with Gasteiger partial charge in [0.1, 0.15) is 5.75 Å². The molecule has 0 fully saturated rings. The molecule has 0 aliphatic carbocycles. The summed E-state index contributed by atoms with van der Waals surface area (Å²) in [6.07, 6.45) is 5.06. The molecule has 0 unspecified atom stereocenters. The van der Waals surface area contributed by atoms with Crippen molar-refractivity contribution in [2.75, 3.05) is 6.61 Å². The summed E-state index contributed by atoms with van der Waals surface area (Å²) in [5.74, 6) is 0.791. The fourth-order valence-corrected chi connectivity index (χ4v) is 2.42. The van der Waals surface area contributed by atoms with Crippen LogP contribution in [0.4, 0.5) is 0 Å². The third-order valence-electron chi connectivity index (χ3n) is 3.44. The summed E-state index contributed by atoms with van der Waals surface area (Å²) >= 11 is 0. The summed E-state index contributed by atoms with van der Waals surface area (Å²) in [4.78, 5) is 16.2. The Balaban J connectivity index is 1.82. The number of nitrogens with zero attached hydrogens (tertiary/aromatic N) is 1. The van der Waals surface area contributed by atoms with E-state index in [1.54, 1.807) is 24.5 Å². The van der Waals surface area contributed by atoms with Crippen LogP contribution in [0.5, 0.6) is 5.75 Å². The quantitative estimate of drug-likeness (QED) is 0.911.